The fourth-order valence-corrected chi connectivity index (χ4v) is 3.89. The SMILES string of the molecule is COc1ccc(S(=O)(=O)CCCC(=O)N2CCNC(=O)C2C)cc1. The zero-order chi connectivity index (χ0) is 17.7. The van der Waals surface area contributed by atoms with Crippen LogP contribution in [0.5, 0.6) is 5.75 Å². The Hall–Kier alpha value is -2.09. The van der Waals surface area contributed by atoms with Gasteiger partial charge in [-0.25, -0.2) is 8.42 Å². The molecule has 132 valence electrons. The lowest BCUT2D eigenvalue weighted by Gasteiger charge is -2.32. The monoisotopic (exact) mass is 354 g/mol. The van der Waals surface area contributed by atoms with E-state index in [4.69, 9.17) is 4.74 Å². The molecule has 0 saturated carbocycles. The van der Waals surface area contributed by atoms with Crippen molar-refractivity contribution in [2.24, 2.45) is 0 Å². The summed E-state index contributed by atoms with van der Waals surface area (Å²) in [5.74, 6) is 0.101. The molecular formula is C16H22N2O5S. The molecule has 24 heavy (non-hydrogen) atoms. The minimum atomic E-state index is -3.44. The lowest BCUT2D eigenvalue weighted by atomic mass is 10.2. The van der Waals surface area contributed by atoms with Crippen LogP contribution in [0.3, 0.4) is 0 Å². The van der Waals surface area contributed by atoms with E-state index in [1.54, 1.807) is 19.1 Å². The van der Waals surface area contributed by atoms with Gasteiger partial charge >= 0.3 is 0 Å². The van der Waals surface area contributed by atoms with Crippen molar-refractivity contribution in [2.75, 3.05) is 26.0 Å². The summed E-state index contributed by atoms with van der Waals surface area (Å²) in [6, 6.07) is 5.66. The minimum Gasteiger partial charge on any atom is -0.497 e. The van der Waals surface area contributed by atoms with Crippen molar-refractivity contribution in [1.82, 2.24) is 10.2 Å². The third-order valence-electron chi connectivity index (χ3n) is 4.04. The number of ether oxygens (including phenoxy) is 1. The van der Waals surface area contributed by atoms with Crippen molar-refractivity contribution < 1.29 is 22.7 Å². The highest BCUT2D eigenvalue weighted by molar-refractivity contribution is 7.91. The number of carbonyl (C=O) groups excluding carboxylic acids is 2. The normalized spacial score (nSPS) is 18.2. The van der Waals surface area contributed by atoms with Crippen molar-refractivity contribution in [2.45, 2.75) is 30.7 Å². The number of nitrogens with zero attached hydrogens (tertiary/aromatic N) is 1. The Kier molecular flexibility index (Phi) is 5.82. The highest BCUT2D eigenvalue weighted by atomic mass is 32.2. The van der Waals surface area contributed by atoms with Crippen LogP contribution < -0.4 is 10.1 Å². The fourth-order valence-electron chi connectivity index (χ4n) is 2.58. The van der Waals surface area contributed by atoms with E-state index in [0.29, 0.717) is 18.8 Å². The molecule has 1 aromatic rings. The summed E-state index contributed by atoms with van der Waals surface area (Å²) >= 11 is 0. The van der Waals surface area contributed by atoms with Crippen LogP contribution in [-0.2, 0) is 19.4 Å². The van der Waals surface area contributed by atoms with E-state index >= 15 is 0 Å². The molecule has 1 saturated heterocycles. The predicted octanol–water partition coefficient (Wildman–Crippen LogP) is 0.596. The summed E-state index contributed by atoms with van der Waals surface area (Å²) in [4.78, 5) is 25.5. The van der Waals surface area contributed by atoms with Crippen LogP contribution in [0.1, 0.15) is 19.8 Å². The first kappa shape index (κ1) is 18.3. The summed E-state index contributed by atoms with van der Waals surface area (Å²) < 4.78 is 29.6. The second kappa shape index (κ2) is 7.65. The number of sulfone groups is 1. The van der Waals surface area contributed by atoms with Crippen LogP contribution >= 0.6 is 0 Å². The van der Waals surface area contributed by atoms with Gasteiger partial charge in [0, 0.05) is 19.5 Å². The van der Waals surface area contributed by atoms with Gasteiger partial charge in [-0.2, -0.15) is 0 Å². The molecule has 8 heteroatoms. The average Bonchev–Trinajstić information content (AvgIpc) is 2.57. The van der Waals surface area contributed by atoms with Gasteiger partial charge in [-0.15, -0.1) is 0 Å². The van der Waals surface area contributed by atoms with Crippen molar-refractivity contribution in [3.8, 4) is 5.75 Å². The highest BCUT2D eigenvalue weighted by Crippen LogP contribution is 2.18. The molecule has 1 atom stereocenters. The number of hydrogen-bond donors (Lipinski definition) is 1. The van der Waals surface area contributed by atoms with E-state index in [9.17, 15) is 18.0 Å². The maximum Gasteiger partial charge on any atom is 0.242 e. The Morgan fingerprint density at radius 1 is 1.33 bits per heavy atom. The molecule has 1 aliphatic rings. The van der Waals surface area contributed by atoms with Gasteiger partial charge in [-0.05, 0) is 37.6 Å². The molecule has 1 N–H and O–H groups in total. The number of nitrogens with one attached hydrogen (secondary N) is 1. The lowest BCUT2D eigenvalue weighted by molar-refractivity contribution is -0.142. The highest BCUT2D eigenvalue weighted by Gasteiger charge is 2.29. The molecule has 1 aliphatic heterocycles. The number of hydrogen-bond acceptors (Lipinski definition) is 5. The molecular weight excluding hydrogens is 332 g/mol. The number of piperazine rings is 1. The second-order valence-corrected chi connectivity index (χ2v) is 7.76. The zero-order valence-corrected chi connectivity index (χ0v) is 14.6. The van der Waals surface area contributed by atoms with Crippen LogP contribution in [0.2, 0.25) is 0 Å². The van der Waals surface area contributed by atoms with E-state index in [1.807, 2.05) is 0 Å². The Bertz CT molecular complexity index is 700. The lowest BCUT2D eigenvalue weighted by Crippen LogP contribution is -2.55. The van der Waals surface area contributed by atoms with Gasteiger partial charge < -0.3 is 15.0 Å². The second-order valence-electron chi connectivity index (χ2n) is 5.65. The quantitative estimate of drug-likeness (QED) is 0.807. The van der Waals surface area contributed by atoms with Crippen LogP contribution in [0.15, 0.2) is 29.2 Å². The van der Waals surface area contributed by atoms with E-state index in [1.165, 1.54) is 24.1 Å². The van der Waals surface area contributed by atoms with Gasteiger partial charge in [0.2, 0.25) is 11.8 Å². The summed E-state index contributed by atoms with van der Waals surface area (Å²) in [7, 11) is -1.93. The number of carbonyl (C=O) groups is 2. The first-order chi connectivity index (χ1) is 11.3. The van der Waals surface area contributed by atoms with Gasteiger partial charge in [-0.1, -0.05) is 0 Å². The molecule has 1 fully saturated rings. The van der Waals surface area contributed by atoms with E-state index in [0.717, 1.165) is 0 Å². The minimum absolute atomic E-state index is 0.104. The first-order valence-electron chi connectivity index (χ1n) is 7.79. The summed E-state index contributed by atoms with van der Waals surface area (Å²) in [6.07, 6.45) is 0.324. The van der Waals surface area contributed by atoms with Crippen molar-refractivity contribution in [3.63, 3.8) is 0 Å². The molecule has 0 spiro atoms. The molecule has 0 aromatic heterocycles. The topological polar surface area (TPSA) is 92.8 Å². The van der Waals surface area contributed by atoms with E-state index in [2.05, 4.69) is 5.32 Å². The van der Waals surface area contributed by atoms with Crippen molar-refractivity contribution in [3.05, 3.63) is 24.3 Å². The van der Waals surface area contributed by atoms with Crippen LogP contribution in [0.4, 0.5) is 0 Å². The van der Waals surface area contributed by atoms with Crippen LogP contribution in [0.25, 0.3) is 0 Å². The summed E-state index contributed by atoms with van der Waals surface area (Å²) in [6.45, 7) is 2.55. The van der Waals surface area contributed by atoms with Gasteiger partial charge in [-0.3, -0.25) is 9.59 Å². The maximum absolute atomic E-state index is 12.3. The Labute approximate surface area is 141 Å². The average molecular weight is 354 g/mol. The molecule has 0 aliphatic carbocycles. The van der Waals surface area contributed by atoms with Gasteiger partial charge in [0.25, 0.3) is 0 Å². The van der Waals surface area contributed by atoms with Gasteiger partial charge in [0.15, 0.2) is 9.84 Å². The Morgan fingerprint density at radius 3 is 2.62 bits per heavy atom. The van der Waals surface area contributed by atoms with Crippen LogP contribution in [0, 0.1) is 0 Å². The molecule has 1 aromatic carbocycles. The number of rotatable bonds is 6. The number of benzene rings is 1. The first-order valence-corrected chi connectivity index (χ1v) is 9.44. The van der Waals surface area contributed by atoms with Crippen molar-refractivity contribution >= 4 is 21.7 Å². The van der Waals surface area contributed by atoms with Gasteiger partial charge in [0.1, 0.15) is 11.8 Å². The fraction of sp³-hybridized carbons (Fsp3) is 0.500. The maximum atomic E-state index is 12.3. The van der Waals surface area contributed by atoms with Crippen molar-refractivity contribution in [1.29, 1.82) is 0 Å². The third kappa shape index (κ3) is 4.25. The predicted molar refractivity (Wildman–Crippen MR) is 88.5 cm³/mol. The van der Waals surface area contributed by atoms with Crippen LogP contribution in [-0.4, -0.2) is 57.1 Å². The molecule has 1 heterocycles. The molecule has 2 rings (SSSR count). The Morgan fingerprint density at radius 2 is 2.00 bits per heavy atom. The number of amides is 2. The smallest absolute Gasteiger partial charge is 0.242 e. The van der Waals surface area contributed by atoms with Gasteiger partial charge in [0.05, 0.1) is 17.8 Å². The summed E-state index contributed by atoms with van der Waals surface area (Å²) in [5.41, 5.74) is 0. The summed E-state index contributed by atoms with van der Waals surface area (Å²) in [5, 5.41) is 2.69. The molecule has 0 radical (unpaired) electrons. The molecule has 1 unspecified atom stereocenters. The van der Waals surface area contributed by atoms with E-state index < -0.39 is 15.9 Å². The third-order valence-corrected chi connectivity index (χ3v) is 5.86. The number of methoxy groups -OCH3 is 1. The zero-order valence-electron chi connectivity index (χ0n) is 13.8. The Balaban J connectivity index is 1.90. The molecule has 0 bridgehead atoms. The largest absolute Gasteiger partial charge is 0.497 e. The van der Waals surface area contributed by atoms with E-state index in [-0.39, 0.29) is 35.3 Å². The molecule has 2 amide bonds. The standard InChI is InChI=1S/C16H22N2O5S/c1-12-16(20)17-9-10-18(12)15(19)4-3-11-24(21,22)14-7-5-13(23-2)6-8-14/h5-8,12H,3-4,9-11H2,1-2H3,(H,17,20). The molecule has 7 nitrogen and oxygen atoms in total.